The fourth-order valence-corrected chi connectivity index (χ4v) is 8.19. The summed E-state index contributed by atoms with van der Waals surface area (Å²) >= 11 is 1.68. The van der Waals surface area contributed by atoms with Crippen LogP contribution in [-0.4, -0.2) is 0 Å². The molecule has 4 heteroatoms. The largest absolute Gasteiger partial charge is 0.310 e. The molecule has 0 N–H and O–H groups in total. The molecule has 1 nitrogen and oxygen atoms in total. The van der Waals surface area contributed by atoms with Crippen LogP contribution in [0.3, 0.4) is 0 Å². The van der Waals surface area contributed by atoms with Crippen molar-refractivity contribution in [3.05, 3.63) is 188 Å². The average molecular weight is 666 g/mol. The Morgan fingerprint density at radius 3 is 1.84 bits per heavy atom. The van der Waals surface area contributed by atoms with Crippen molar-refractivity contribution in [1.29, 1.82) is 0 Å². The third-order valence-corrected chi connectivity index (χ3v) is 10.5. The van der Waals surface area contributed by atoms with Gasteiger partial charge in [0.15, 0.2) is 0 Å². The first kappa shape index (κ1) is 30.0. The van der Waals surface area contributed by atoms with Gasteiger partial charge in [-0.2, -0.15) is 0 Å². The molecule has 0 atom stereocenters. The molecule has 0 bridgehead atoms. The Kier molecular flexibility index (Phi) is 7.45. The van der Waals surface area contributed by atoms with Crippen molar-refractivity contribution < 1.29 is 8.78 Å². The Hall–Kier alpha value is -6.10. The zero-order chi connectivity index (χ0) is 33.6. The Labute approximate surface area is 292 Å². The predicted molar refractivity (Wildman–Crippen MR) is 208 cm³/mol. The van der Waals surface area contributed by atoms with Crippen LogP contribution in [0.5, 0.6) is 0 Å². The summed E-state index contributed by atoms with van der Waals surface area (Å²) in [7, 11) is 0. The van der Waals surface area contributed by atoms with Crippen LogP contribution in [0.2, 0.25) is 0 Å². The van der Waals surface area contributed by atoms with Crippen LogP contribution in [-0.2, 0) is 0 Å². The van der Waals surface area contributed by atoms with Crippen molar-refractivity contribution in [2.24, 2.45) is 0 Å². The summed E-state index contributed by atoms with van der Waals surface area (Å²) in [6.07, 6.45) is 0. The van der Waals surface area contributed by atoms with E-state index in [2.05, 4.69) is 132 Å². The van der Waals surface area contributed by atoms with Gasteiger partial charge in [0.1, 0.15) is 11.6 Å². The lowest BCUT2D eigenvalue weighted by molar-refractivity contribution is 0.628. The number of rotatable bonds is 6. The van der Waals surface area contributed by atoms with Crippen LogP contribution in [0.1, 0.15) is 0 Å². The normalized spacial score (nSPS) is 11.4. The van der Waals surface area contributed by atoms with Crippen LogP contribution in [0.15, 0.2) is 176 Å². The highest BCUT2D eigenvalue weighted by molar-refractivity contribution is 7.25. The number of para-hydroxylation sites is 1. The fraction of sp³-hybridized carbons (Fsp3) is 0. The molecule has 0 spiro atoms. The molecule has 0 aliphatic heterocycles. The molecule has 0 aliphatic carbocycles. The van der Waals surface area contributed by atoms with Crippen LogP contribution in [0.4, 0.5) is 25.8 Å². The number of nitrogens with zero attached hydrogens (tertiary/aromatic N) is 1. The second kappa shape index (κ2) is 12.4. The van der Waals surface area contributed by atoms with Gasteiger partial charge in [-0.05, 0) is 99.3 Å². The Balaban J connectivity index is 1.27. The average Bonchev–Trinajstić information content (AvgIpc) is 3.53. The minimum Gasteiger partial charge on any atom is -0.310 e. The lowest BCUT2D eigenvalue weighted by Crippen LogP contribution is -2.11. The SMILES string of the molecule is Fc1ccc(-c2cccc3cccc(-c4ccccc4N(c4ccc(-c5ccccc5)cc4)c4ccc5c(c4)sc4ccc(F)cc45)c23)cc1. The highest BCUT2D eigenvalue weighted by Crippen LogP contribution is 2.46. The van der Waals surface area contributed by atoms with Gasteiger partial charge in [0, 0.05) is 37.1 Å². The second-order valence-electron chi connectivity index (χ2n) is 12.4. The van der Waals surface area contributed by atoms with E-state index in [4.69, 9.17) is 0 Å². The third-order valence-electron chi connectivity index (χ3n) is 9.40. The van der Waals surface area contributed by atoms with E-state index in [1.54, 1.807) is 17.4 Å². The molecule has 0 radical (unpaired) electrons. The van der Waals surface area contributed by atoms with Gasteiger partial charge < -0.3 is 4.90 Å². The molecule has 0 aliphatic rings. The van der Waals surface area contributed by atoms with Gasteiger partial charge in [0.05, 0.1) is 5.69 Å². The van der Waals surface area contributed by atoms with Crippen molar-refractivity contribution in [3.8, 4) is 33.4 Å². The van der Waals surface area contributed by atoms with E-state index >= 15 is 0 Å². The molecular weight excluding hydrogens is 637 g/mol. The zero-order valence-corrected chi connectivity index (χ0v) is 27.7. The van der Waals surface area contributed by atoms with Crippen molar-refractivity contribution in [2.45, 2.75) is 0 Å². The fourth-order valence-electron chi connectivity index (χ4n) is 7.07. The number of fused-ring (bicyclic) bond motifs is 4. The smallest absolute Gasteiger partial charge is 0.123 e. The van der Waals surface area contributed by atoms with Crippen molar-refractivity contribution in [2.75, 3.05) is 4.90 Å². The van der Waals surface area contributed by atoms with Crippen LogP contribution in [0, 0.1) is 11.6 Å². The van der Waals surface area contributed by atoms with Crippen LogP contribution in [0.25, 0.3) is 64.3 Å². The summed E-state index contributed by atoms with van der Waals surface area (Å²) in [5, 5.41) is 4.19. The molecule has 1 aromatic heterocycles. The molecule has 0 saturated carbocycles. The van der Waals surface area contributed by atoms with Crippen molar-refractivity contribution in [1.82, 2.24) is 0 Å². The molecule has 50 heavy (non-hydrogen) atoms. The van der Waals surface area contributed by atoms with E-state index in [0.29, 0.717) is 0 Å². The first-order valence-corrected chi connectivity index (χ1v) is 17.4. The van der Waals surface area contributed by atoms with Crippen molar-refractivity contribution >= 4 is 59.3 Å². The summed E-state index contributed by atoms with van der Waals surface area (Å²) < 4.78 is 30.4. The van der Waals surface area contributed by atoms with Crippen LogP contribution >= 0.6 is 11.3 Å². The highest BCUT2D eigenvalue weighted by Gasteiger charge is 2.20. The molecule has 238 valence electrons. The topological polar surface area (TPSA) is 3.24 Å². The molecule has 0 saturated heterocycles. The molecular formula is C46H29F2NS. The number of thiophene rings is 1. The molecule has 0 amide bonds. The summed E-state index contributed by atoms with van der Waals surface area (Å²) in [4.78, 5) is 2.31. The summed E-state index contributed by atoms with van der Waals surface area (Å²) in [6.45, 7) is 0. The van der Waals surface area contributed by atoms with E-state index in [0.717, 1.165) is 81.4 Å². The van der Waals surface area contributed by atoms with Gasteiger partial charge in [-0.15, -0.1) is 11.3 Å². The quantitative estimate of drug-likeness (QED) is 0.171. The van der Waals surface area contributed by atoms with Gasteiger partial charge in [-0.3, -0.25) is 0 Å². The maximum absolute atomic E-state index is 14.3. The van der Waals surface area contributed by atoms with Gasteiger partial charge in [0.25, 0.3) is 0 Å². The second-order valence-corrected chi connectivity index (χ2v) is 13.5. The van der Waals surface area contributed by atoms with E-state index in [9.17, 15) is 8.78 Å². The lowest BCUT2D eigenvalue weighted by Gasteiger charge is -2.28. The monoisotopic (exact) mass is 665 g/mol. The maximum Gasteiger partial charge on any atom is 0.123 e. The maximum atomic E-state index is 14.3. The number of hydrogen-bond donors (Lipinski definition) is 0. The molecule has 0 unspecified atom stereocenters. The number of benzene rings is 8. The number of hydrogen-bond acceptors (Lipinski definition) is 2. The minimum atomic E-state index is -0.255. The molecule has 1 heterocycles. The summed E-state index contributed by atoms with van der Waals surface area (Å²) in [6, 6.07) is 58.5. The third kappa shape index (κ3) is 5.31. The van der Waals surface area contributed by atoms with Gasteiger partial charge >= 0.3 is 0 Å². The standard InChI is InChI=1S/C46H29F2NS/c47-34-20-16-32(17-21-34)38-13-6-10-33-11-7-14-41(46(33)38)39-12-4-5-15-43(39)49(36-23-18-31(19-24-36)30-8-2-1-3-9-30)37-25-26-40-42-28-35(48)22-27-44(42)50-45(40)29-37/h1-29H. The van der Waals surface area contributed by atoms with Gasteiger partial charge in [-0.25, -0.2) is 8.78 Å². The van der Waals surface area contributed by atoms with Gasteiger partial charge in [-0.1, -0.05) is 115 Å². The lowest BCUT2D eigenvalue weighted by atomic mass is 9.90. The van der Waals surface area contributed by atoms with E-state index in [1.807, 2.05) is 24.3 Å². The van der Waals surface area contributed by atoms with Crippen LogP contribution < -0.4 is 4.90 Å². The van der Waals surface area contributed by atoms with Gasteiger partial charge in [0.2, 0.25) is 0 Å². The van der Waals surface area contributed by atoms with E-state index in [-0.39, 0.29) is 11.6 Å². The molecule has 0 fully saturated rings. The van der Waals surface area contributed by atoms with Crippen molar-refractivity contribution in [3.63, 3.8) is 0 Å². The summed E-state index contributed by atoms with van der Waals surface area (Å²) in [5.74, 6) is -0.486. The Morgan fingerprint density at radius 1 is 0.400 bits per heavy atom. The molecule has 8 aromatic carbocycles. The first-order valence-electron chi connectivity index (χ1n) is 16.6. The number of anilines is 3. The van der Waals surface area contributed by atoms with E-state index < -0.39 is 0 Å². The molecule has 9 aromatic rings. The highest BCUT2D eigenvalue weighted by atomic mass is 32.1. The van der Waals surface area contributed by atoms with E-state index in [1.165, 1.54) is 18.2 Å². The first-order chi connectivity index (χ1) is 24.6. The Morgan fingerprint density at radius 2 is 1.04 bits per heavy atom. The molecule has 9 rings (SSSR count). The Bertz CT molecular complexity index is 2660. The minimum absolute atomic E-state index is 0.231. The summed E-state index contributed by atoms with van der Waals surface area (Å²) in [5.41, 5.74) is 9.50. The number of halogens is 2. The zero-order valence-electron chi connectivity index (χ0n) is 26.9. The predicted octanol–water partition coefficient (Wildman–Crippen LogP) is 14.0.